The van der Waals surface area contributed by atoms with E-state index in [9.17, 15) is 8.42 Å². The summed E-state index contributed by atoms with van der Waals surface area (Å²) in [4.78, 5) is 0. The van der Waals surface area contributed by atoms with Crippen molar-refractivity contribution in [2.24, 2.45) is 0 Å². The number of anilines is 1. The van der Waals surface area contributed by atoms with Crippen LogP contribution in [0.4, 0.5) is 5.69 Å². The van der Waals surface area contributed by atoms with E-state index in [2.05, 4.69) is 0 Å². The minimum absolute atomic E-state index is 0.461. The van der Waals surface area contributed by atoms with Gasteiger partial charge in [-0.25, -0.2) is 0 Å². The summed E-state index contributed by atoms with van der Waals surface area (Å²) in [7, 11) is -4.08. The van der Waals surface area contributed by atoms with Gasteiger partial charge in [-0.1, -0.05) is 18.2 Å². The lowest BCUT2D eigenvalue weighted by molar-refractivity contribution is 0.494. The van der Waals surface area contributed by atoms with Gasteiger partial charge in [0.25, 0.3) is 10.1 Å². The predicted molar refractivity (Wildman–Crippen MR) is 51.4 cm³/mol. The SMILES string of the molecule is Nc1ccccc1C=CS(=O)(=O)O. The Kier molecular flexibility index (Phi) is 2.69. The standard InChI is InChI=1S/C8H9NO3S/c9-8-4-2-1-3-7(8)5-6-13(10,11)12/h1-6H,9H2,(H,10,11,12). The second-order valence-electron chi connectivity index (χ2n) is 2.45. The second-order valence-corrected chi connectivity index (χ2v) is 3.75. The first kappa shape index (κ1) is 9.76. The fourth-order valence-electron chi connectivity index (χ4n) is 0.822. The highest BCUT2D eigenvalue weighted by Crippen LogP contribution is 2.12. The van der Waals surface area contributed by atoms with Gasteiger partial charge in [-0.3, -0.25) is 4.55 Å². The minimum Gasteiger partial charge on any atom is -0.398 e. The van der Waals surface area contributed by atoms with Gasteiger partial charge in [-0.05, 0) is 17.7 Å². The summed E-state index contributed by atoms with van der Waals surface area (Å²) in [5, 5.41) is 0.693. The van der Waals surface area contributed by atoms with Gasteiger partial charge in [0, 0.05) is 5.69 Å². The zero-order valence-corrected chi connectivity index (χ0v) is 7.53. The predicted octanol–water partition coefficient (Wildman–Crippen LogP) is 1.13. The largest absolute Gasteiger partial charge is 0.398 e. The van der Waals surface area contributed by atoms with Crippen LogP contribution in [0.5, 0.6) is 0 Å². The third-order valence-electron chi connectivity index (χ3n) is 1.42. The summed E-state index contributed by atoms with van der Waals surface area (Å²) in [6, 6.07) is 6.75. The van der Waals surface area contributed by atoms with Crippen LogP contribution in [0.25, 0.3) is 6.08 Å². The minimum atomic E-state index is -4.08. The van der Waals surface area contributed by atoms with Crippen molar-refractivity contribution in [3.8, 4) is 0 Å². The lowest BCUT2D eigenvalue weighted by Gasteiger charge is -1.96. The quantitative estimate of drug-likeness (QED) is 0.552. The van der Waals surface area contributed by atoms with Crippen molar-refractivity contribution in [3.63, 3.8) is 0 Å². The van der Waals surface area contributed by atoms with Crippen molar-refractivity contribution in [3.05, 3.63) is 35.2 Å². The maximum atomic E-state index is 10.3. The Bertz CT molecular complexity index is 423. The highest BCUT2D eigenvalue weighted by Gasteiger charge is 1.97. The van der Waals surface area contributed by atoms with Crippen molar-refractivity contribution in [2.75, 3.05) is 5.73 Å². The maximum absolute atomic E-state index is 10.3. The van der Waals surface area contributed by atoms with Crippen LogP contribution in [0, 0.1) is 0 Å². The molecule has 0 bridgehead atoms. The molecule has 1 aromatic carbocycles. The Hall–Kier alpha value is -1.33. The molecule has 0 atom stereocenters. The first-order chi connectivity index (χ1) is 5.99. The van der Waals surface area contributed by atoms with E-state index in [0.717, 1.165) is 0 Å². The molecule has 0 aromatic heterocycles. The van der Waals surface area contributed by atoms with E-state index in [-0.39, 0.29) is 0 Å². The Morgan fingerprint density at radius 3 is 2.46 bits per heavy atom. The van der Waals surface area contributed by atoms with Gasteiger partial charge in [0.1, 0.15) is 0 Å². The third-order valence-corrected chi connectivity index (χ3v) is 1.90. The van der Waals surface area contributed by atoms with E-state index in [1.807, 2.05) is 0 Å². The molecule has 1 rings (SSSR count). The van der Waals surface area contributed by atoms with Crippen LogP contribution < -0.4 is 5.73 Å². The second kappa shape index (κ2) is 3.59. The fourth-order valence-corrected chi connectivity index (χ4v) is 1.14. The van der Waals surface area contributed by atoms with Crippen LogP contribution in [0.3, 0.4) is 0 Å². The Balaban J connectivity index is 3.00. The van der Waals surface area contributed by atoms with Crippen LogP contribution in [-0.4, -0.2) is 13.0 Å². The van der Waals surface area contributed by atoms with Crippen molar-refractivity contribution >= 4 is 21.9 Å². The molecule has 0 amide bonds. The fraction of sp³-hybridized carbons (Fsp3) is 0. The maximum Gasteiger partial charge on any atom is 0.287 e. The topological polar surface area (TPSA) is 80.4 Å². The summed E-state index contributed by atoms with van der Waals surface area (Å²) in [6.45, 7) is 0. The lowest BCUT2D eigenvalue weighted by Crippen LogP contribution is -1.91. The number of nitrogens with two attached hydrogens (primary N) is 1. The molecule has 0 saturated carbocycles. The van der Waals surface area contributed by atoms with Crippen LogP contribution in [0.15, 0.2) is 29.7 Å². The molecule has 3 N–H and O–H groups in total. The molecule has 1 aromatic rings. The molecule has 0 saturated heterocycles. The van der Waals surface area contributed by atoms with E-state index in [1.165, 1.54) is 6.08 Å². The van der Waals surface area contributed by atoms with Gasteiger partial charge < -0.3 is 5.73 Å². The number of benzene rings is 1. The molecule has 0 radical (unpaired) electrons. The van der Waals surface area contributed by atoms with Crippen LogP contribution in [0.2, 0.25) is 0 Å². The summed E-state index contributed by atoms with van der Waals surface area (Å²) >= 11 is 0. The highest BCUT2D eigenvalue weighted by molar-refractivity contribution is 7.88. The van der Waals surface area contributed by atoms with Crippen LogP contribution in [-0.2, 0) is 10.1 Å². The molecule has 0 heterocycles. The zero-order valence-electron chi connectivity index (χ0n) is 6.71. The molecule has 70 valence electrons. The Morgan fingerprint density at radius 1 is 1.31 bits per heavy atom. The first-order valence-electron chi connectivity index (χ1n) is 3.49. The molecular weight excluding hydrogens is 190 g/mol. The summed E-state index contributed by atoms with van der Waals surface area (Å²) < 4.78 is 29.1. The van der Waals surface area contributed by atoms with E-state index < -0.39 is 10.1 Å². The van der Waals surface area contributed by atoms with E-state index in [0.29, 0.717) is 16.7 Å². The summed E-state index contributed by atoms with van der Waals surface area (Å²) in [5.74, 6) is 0. The van der Waals surface area contributed by atoms with Gasteiger partial charge in [-0.2, -0.15) is 8.42 Å². The number of hydrogen-bond acceptors (Lipinski definition) is 3. The smallest absolute Gasteiger partial charge is 0.287 e. The third kappa shape index (κ3) is 3.27. The molecule has 13 heavy (non-hydrogen) atoms. The average Bonchev–Trinajstić information content (AvgIpc) is 2.01. The highest BCUT2D eigenvalue weighted by atomic mass is 32.2. The van der Waals surface area contributed by atoms with Gasteiger partial charge in [0.05, 0.1) is 5.41 Å². The van der Waals surface area contributed by atoms with Crippen molar-refractivity contribution in [2.45, 2.75) is 0 Å². The first-order valence-corrected chi connectivity index (χ1v) is 4.99. The van der Waals surface area contributed by atoms with Gasteiger partial charge in [-0.15, -0.1) is 0 Å². The normalized spacial score (nSPS) is 12.1. The number of hydrogen-bond donors (Lipinski definition) is 2. The molecule has 0 fully saturated rings. The molecule has 0 spiro atoms. The van der Waals surface area contributed by atoms with E-state index in [4.69, 9.17) is 10.3 Å². The monoisotopic (exact) mass is 199 g/mol. The summed E-state index contributed by atoms with van der Waals surface area (Å²) in [6.07, 6.45) is 1.24. The Labute approximate surface area is 76.4 Å². The zero-order chi connectivity index (χ0) is 9.90. The number of nitrogen functional groups attached to an aromatic ring is 1. The van der Waals surface area contributed by atoms with Crippen molar-refractivity contribution in [1.82, 2.24) is 0 Å². The van der Waals surface area contributed by atoms with Gasteiger partial charge in [0.2, 0.25) is 0 Å². The van der Waals surface area contributed by atoms with Crippen LogP contribution in [0.1, 0.15) is 5.56 Å². The molecule has 0 aliphatic heterocycles. The van der Waals surface area contributed by atoms with Crippen molar-refractivity contribution in [1.29, 1.82) is 0 Å². The van der Waals surface area contributed by atoms with Crippen LogP contribution >= 0.6 is 0 Å². The molecular formula is C8H9NO3S. The summed E-state index contributed by atoms with van der Waals surface area (Å²) in [5.41, 5.74) is 6.54. The van der Waals surface area contributed by atoms with Gasteiger partial charge in [0.15, 0.2) is 0 Å². The molecule has 4 nitrogen and oxygen atoms in total. The molecule has 0 aliphatic rings. The van der Waals surface area contributed by atoms with E-state index in [1.54, 1.807) is 24.3 Å². The molecule has 0 aliphatic carbocycles. The molecule has 0 unspecified atom stereocenters. The molecule has 5 heteroatoms. The number of rotatable bonds is 2. The van der Waals surface area contributed by atoms with E-state index >= 15 is 0 Å². The average molecular weight is 199 g/mol. The lowest BCUT2D eigenvalue weighted by atomic mass is 10.2. The Morgan fingerprint density at radius 2 is 1.92 bits per heavy atom. The number of para-hydroxylation sites is 1. The van der Waals surface area contributed by atoms with Gasteiger partial charge >= 0.3 is 0 Å². The van der Waals surface area contributed by atoms with Crippen molar-refractivity contribution < 1.29 is 13.0 Å².